The average Bonchev–Trinajstić information content (AvgIpc) is 2.80. The van der Waals surface area contributed by atoms with E-state index < -0.39 is 10.0 Å². The van der Waals surface area contributed by atoms with Crippen LogP contribution >= 0.6 is 15.9 Å². The Kier molecular flexibility index (Phi) is 5.26. The van der Waals surface area contributed by atoms with E-state index in [1.54, 1.807) is 0 Å². The summed E-state index contributed by atoms with van der Waals surface area (Å²) in [4.78, 5) is 0. The predicted molar refractivity (Wildman–Crippen MR) is 71.4 cm³/mol. The van der Waals surface area contributed by atoms with Gasteiger partial charge in [-0.3, -0.25) is 0 Å². The monoisotopic (exact) mass is 311 g/mol. The first-order valence-corrected chi connectivity index (χ1v) is 8.75. The number of nitrogens with one attached hydrogen (secondary N) is 1. The largest absolute Gasteiger partial charge is 0.215 e. The number of hydrogen-bond donors (Lipinski definition) is 1. The summed E-state index contributed by atoms with van der Waals surface area (Å²) in [5.41, 5.74) is -0.304. The van der Waals surface area contributed by atoms with Crippen LogP contribution in [0.4, 0.5) is 0 Å². The van der Waals surface area contributed by atoms with E-state index in [1.807, 2.05) is 13.8 Å². The Hall–Kier alpha value is 0.390. The van der Waals surface area contributed by atoms with Crippen LogP contribution in [0.1, 0.15) is 52.4 Å². The summed E-state index contributed by atoms with van der Waals surface area (Å²) in [6, 6.07) is 0. The molecule has 1 fully saturated rings. The fraction of sp³-hybridized carbons (Fsp3) is 1.00. The van der Waals surface area contributed by atoms with Gasteiger partial charge in [0.1, 0.15) is 0 Å². The Morgan fingerprint density at radius 1 is 1.25 bits per heavy atom. The Morgan fingerprint density at radius 2 is 1.75 bits per heavy atom. The first-order valence-electron chi connectivity index (χ1n) is 6.08. The van der Waals surface area contributed by atoms with Crippen LogP contribution < -0.4 is 4.72 Å². The molecule has 0 saturated heterocycles. The number of rotatable bonds is 6. The summed E-state index contributed by atoms with van der Waals surface area (Å²) >= 11 is 3.43. The van der Waals surface area contributed by atoms with Crippen molar-refractivity contribution >= 4 is 26.0 Å². The third-order valence-corrected chi connectivity index (χ3v) is 6.85. The molecule has 0 heterocycles. The molecule has 1 rings (SSSR count). The van der Waals surface area contributed by atoms with Gasteiger partial charge in [-0.05, 0) is 25.7 Å². The number of sulfonamides is 1. The van der Waals surface area contributed by atoms with Crippen molar-refractivity contribution in [2.45, 2.75) is 63.2 Å². The van der Waals surface area contributed by atoms with Crippen LogP contribution in [0.25, 0.3) is 0 Å². The normalized spacial score (nSPS) is 19.2. The molecule has 0 radical (unpaired) electrons. The molecule has 5 heteroatoms. The number of hydrogen-bond acceptors (Lipinski definition) is 2. The summed E-state index contributed by atoms with van der Waals surface area (Å²) in [5.74, 6) is 0. The minimum Gasteiger partial charge on any atom is -0.212 e. The van der Waals surface area contributed by atoms with E-state index in [1.165, 1.54) is 0 Å². The summed E-state index contributed by atoms with van der Waals surface area (Å²) in [6.45, 7) is 4.06. The highest BCUT2D eigenvalue weighted by Gasteiger charge is 2.35. The van der Waals surface area contributed by atoms with Gasteiger partial charge in [0, 0.05) is 10.9 Å². The predicted octanol–water partition coefficient (Wildman–Crippen LogP) is 2.80. The van der Waals surface area contributed by atoms with Gasteiger partial charge in [0.25, 0.3) is 0 Å². The molecule has 0 bridgehead atoms. The van der Waals surface area contributed by atoms with E-state index in [0.29, 0.717) is 5.33 Å². The summed E-state index contributed by atoms with van der Waals surface area (Å²) in [6.07, 6.45) is 5.37. The van der Waals surface area contributed by atoms with E-state index in [-0.39, 0.29) is 10.8 Å². The zero-order valence-electron chi connectivity index (χ0n) is 10.1. The number of halogens is 1. The van der Waals surface area contributed by atoms with E-state index >= 15 is 0 Å². The van der Waals surface area contributed by atoms with Crippen molar-refractivity contribution in [3.05, 3.63) is 0 Å². The zero-order chi connectivity index (χ0) is 12.2. The maximum Gasteiger partial charge on any atom is 0.215 e. The van der Waals surface area contributed by atoms with Crippen molar-refractivity contribution < 1.29 is 8.42 Å². The van der Waals surface area contributed by atoms with E-state index in [9.17, 15) is 8.42 Å². The average molecular weight is 312 g/mol. The van der Waals surface area contributed by atoms with E-state index in [2.05, 4.69) is 20.7 Å². The van der Waals surface area contributed by atoms with Gasteiger partial charge in [0.2, 0.25) is 10.0 Å². The lowest BCUT2D eigenvalue weighted by Gasteiger charge is -2.31. The molecule has 0 aromatic heterocycles. The standard InChI is InChI=1S/C11H22BrNO2S/c1-3-11(4-2,9-12)13-16(14,15)10-7-5-6-8-10/h10,13H,3-9H2,1-2H3. The van der Waals surface area contributed by atoms with Crippen molar-refractivity contribution in [1.82, 2.24) is 4.72 Å². The van der Waals surface area contributed by atoms with Gasteiger partial charge in [0.05, 0.1) is 5.25 Å². The van der Waals surface area contributed by atoms with Crippen LogP contribution in [0.5, 0.6) is 0 Å². The van der Waals surface area contributed by atoms with Crippen molar-refractivity contribution in [2.24, 2.45) is 0 Å². The van der Waals surface area contributed by atoms with Gasteiger partial charge in [0.15, 0.2) is 0 Å². The van der Waals surface area contributed by atoms with Gasteiger partial charge < -0.3 is 0 Å². The Morgan fingerprint density at radius 3 is 2.12 bits per heavy atom. The van der Waals surface area contributed by atoms with Gasteiger partial charge in [-0.2, -0.15) is 0 Å². The van der Waals surface area contributed by atoms with Crippen LogP contribution in [-0.2, 0) is 10.0 Å². The Balaban J connectivity index is 2.76. The second-order valence-electron chi connectivity index (χ2n) is 4.67. The van der Waals surface area contributed by atoms with Crippen molar-refractivity contribution in [3.63, 3.8) is 0 Å². The van der Waals surface area contributed by atoms with Gasteiger partial charge >= 0.3 is 0 Å². The molecule has 0 aliphatic heterocycles. The fourth-order valence-electron chi connectivity index (χ4n) is 2.19. The lowest BCUT2D eigenvalue weighted by atomic mass is 9.97. The lowest BCUT2D eigenvalue weighted by molar-refractivity contribution is 0.395. The van der Waals surface area contributed by atoms with Crippen molar-refractivity contribution in [3.8, 4) is 0 Å². The molecule has 16 heavy (non-hydrogen) atoms. The molecular weight excluding hydrogens is 290 g/mol. The lowest BCUT2D eigenvalue weighted by Crippen LogP contribution is -2.51. The highest BCUT2D eigenvalue weighted by atomic mass is 79.9. The van der Waals surface area contributed by atoms with Crippen LogP contribution in [0.2, 0.25) is 0 Å². The molecule has 1 aliphatic rings. The second kappa shape index (κ2) is 5.83. The molecule has 0 amide bonds. The molecule has 1 saturated carbocycles. The molecule has 0 aromatic rings. The molecule has 96 valence electrons. The van der Waals surface area contributed by atoms with Crippen LogP contribution in [-0.4, -0.2) is 24.5 Å². The topological polar surface area (TPSA) is 46.2 Å². The first kappa shape index (κ1) is 14.5. The molecule has 0 unspecified atom stereocenters. The molecule has 1 N–H and O–H groups in total. The minimum absolute atomic E-state index is 0.163. The third kappa shape index (κ3) is 3.20. The number of alkyl halides is 1. The van der Waals surface area contributed by atoms with Crippen LogP contribution in [0.3, 0.4) is 0 Å². The highest BCUT2D eigenvalue weighted by Crippen LogP contribution is 2.27. The van der Waals surface area contributed by atoms with Gasteiger partial charge in [-0.25, -0.2) is 13.1 Å². The van der Waals surface area contributed by atoms with E-state index in [4.69, 9.17) is 0 Å². The zero-order valence-corrected chi connectivity index (χ0v) is 12.5. The molecule has 1 aliphatic carbocycles. The highest BCUT2D eigenvalue weighted by molar-refractivity contribution is 9.09. The van der Waals surface area contributed by atoms with Crippen molar-refractivity contribution in [2.75, 3.05) is 5.33 Å². The Bertz CT molecular complexity index is 298. The summed E-state index contributed by atoms with van der Waals surface area (Å²) in [5, 5.41) is 0.517. The van der Waals surface area contributed by atoms with Gasteiger partial charge in [-0.15, -0.1) is 0 Å². The summed E-state index contributed by atoms with van der Waals surface area (Å²) in [7, 11) is -3.13. The smallest absolute Gasteiger partial charge is 0.212 e. The van der Waals surface area contributed by atoms with Crippen LogP contribution in [0.15, 0.2) is 0 Å². The molecule has 3 nitrogen and oxygen atoms in total. The minimum atomic E-state index is -3.13. The van der Waals surface area contributed by atoms with Gasteiger partial charge in [-0.1, -0.05) is 42.6 Å². The Labute approximate surface area is 108 Å². The van der Waals surface area contributed by atoms with Crippen LogP contribution in [0, 0.1) is 0 Å². The first-order chi connectivity index (χ1) is 7.49. The van der Waals surface area contributed by atoms with Crippen molar-refractivity contribution in [1.29, 1.82) is 0 Å². The maximum atomic E-state index is 12.2. The SMILES string of the molecule is CCC(CC)(CBr)NS(=O)(=O)C1CCCC1. The molecule has 0 spiro atoms. The second-order valence-corrected chi connectivity index (χ2v) is 7.20. The molecule has 0 atom stereocenters. The quantitative estimate of drug-likeness (QED) is 0.767. The summed E-state index contributed by atoms with van der Waals surface area (Å²) < 4.78 is 27.3. The molecule has 0 aromatic carbocycles. The maximum absolute atomic E-state index is 12.2. The van der Waals surface area contributed by atoms with E-state index in [0.717, 1.165) is 38.5 Å². The third-order valence-electron chi connectivity index (χ3n) is 3.71. The molecular formula is C11H22BrNO2S. The fourth-order valence-corrected chi connectivity index (χ4v) is 5.40.